The molecule has 0 radical (unpaired) electrons. The Morgan fingerprint density at radius 3 is 2.58 bits per heavy atom. The fraction of sp³-hybridized carbons (Fsp3) is 0.111. The van der Waals surface area contributed by atoms with Gasteiger partial charge >= 0.3 is 0 Å². The Morgan fingerprint density at radius 2 is 1.83 bits per heavy atom. The summed E-state index contributed by atoms with van der Waals surface area (Å²) >= 11 is 0. The van der Waals surface area contributed by atoms with E-state index in [9.17, 15) is 8.42 Å². The molecule has 1 aromatic carbocycles. The minimum absolute atomic E-state index is 0.0176. The zero-order valence-electron chi connectivity index (χ0n) is 12.8. The maximum atomic E-state index is 11.7. The Hall–Kier alpha value is -2.73. The Morgan fingerprint density at radius 1 is 1.00 bits per heavy atom. The van der Waals surface area contributed by atoms with Crippen LogP contribution in [0.4, 0.5) is 0 Å². The number of amidine groups is 1. The number of fused-ring (bicyclic) bond motifs is 1. The molecule has 5 nitrogen and oxygen atoms in total. The van der Waals surface area contributed by atoms with Gasteiger partial charge in [0.2, 0.25) is 0 Å². The number of pyridine rings is 1. The second kappa shape index (κ2) is 5.72. The van der Waals surface area contributed by atoms with Crippen LogP contribution in [0.3, 0.4) is 0 Å². The number of allylic oxidation sites excluding steroid dienone is 2. The van der Waals surface area contributed by atoms with Crippen molar-refractivity contribution in [2.45, 2.75) is 0 Å². The van der Waals surface area contributed by atoms with Crippen LogP contribution >= 0.6 is 0 Å². The molecule has 0 spiro atoms. The molecule has 0 atom stereocenters. The molecular weight excluding hydrogens is 322 g/mol. The van der Waals surface area contributed by atoms with Crippen molar-refractivity contribution in [3.05, 3.63) is 72.6 Å². The van der Waals surface area contributed by atoms with Gasteiger partial charge in [-0.15, -0.1) is 4.40 Å². The fourth-order valence-electron chi connectivity index (χ4n) is 2.81. The first kappa shape index (κ1) is 14.8. The van der Waals surface area contributed by atoms with Crippen LogP contribution in [0.1, 0.15) is 5.69 Å². The molecule has 0 fully saturated rings. The maximum absolute atomic E-state index is 11.7. The van der Waals surface area contributed by atoms with Gasteiger partial charge < -0.3 is 4.90 Å². The summed E-state index contributed by atoms with van der Waals surface area (Å²) in [6.07, 6.45) is 7.28. The number of aromatic nitrogens is 1. The number of hydrogen-bond donors (Lipinski definition) is 0. The lowest BCUT2D eigenvalue weighted by Crippen LogP contribution is -2.38. The van der Waals surface area contributed by atoms with Crippen LogP contribution in [0.15, 0.2) is 71.3 Å². The van der Waals surface area contributed by atoms with Gasteiger partial charge in [0.05, 0.1) is 17.1 Å². The standard InChI is InChI=1S/C18H15N3O2S/c22-24(23)12-11-21-17(7-4-8-18(21)20-24)16-10-9-15(13-19-16)14-5-2-1-3-6-14/h1-10,13H,11-12H2. The molecule has 0 N–H and O–H groups in total. The third kappa shape index (κ3) is 2.76. The minimum Gasteiger partial charge on any atom is -0.323 e. The van der Waals surface area contributed by atoms with E-state index >= 15 is 0 Å². The summed E-state index contributed by atoms with van der Waals surface area (Å²) < 4.78 is 27.2. The average molecular weight is 337 g/mol. The third-order valence-electron chi connectivity index (χ3n) is 4.01. The normalized spacial score (nSPS) is 18.6. The van der Waals surface area contributed by atoms with Gasteiger partial charge in [-0.25, -0.2) is 8.42 Å². The Labute approximate surface area is 140 Å². The van der Waals surface area contributed by atoms with Gasteiger partial charge in [-0.05, 0) is 23.8 Å². The van der Waals surface area contributed by atoms with Gasteiger partial charge in [0.1, 0.15) is 5.84 Å². The van der Waals surface area contributed by atoms with Crippen LogP contribution in [0, 0.1) is 0 Å². The average Bonchev–Trinajstić information content (AvgIpc) is 2.61. The molecule has 0 bridgehead atoms. The van der Waals surface area contributed by atoms with Crippen LogP contribution in [0.5, 0.6) is 0 Å². The molecule has 0 saturated carbocycles. The molecule has 2 aliphatic heterocycles. The van der Waals surface area contributed by atoms with E-state index in [1.807, 2.05) is 59.6 Å². The van der Waals surface area contributed by atoms with Crippen molar-refractivity contribution in [1.82, 2.24) is 9.88 Å². The van der Waals surface area contributed by atoms with Gasteiger partial charge in [0, 0.05) is 18.3 Å². The molecule has 4 rings (SSSR count). The van der Waals surface area contributed by atoms with Crippen molar-refractivity contribution >= 4 is 21.6 Å². The highest BCUT2D eigenvalue weighted by atomic mass is 32.2. The van der Waals surface area contributed by atoms with Crippen LogP contribution in [-0.2, 0) is 10.0 Å². The highest BCUT2D eigenvalue weighted by molar-refractivity contribution is 7.90. The minimum atomic E-state index is -3.35. The van der Waals surface area contributed by atoms with E-state index in [0.717, 1.165) is 22.5 Å². The van der Waals surface area contributed by atoms with Crippen molar-refractivity contribution in [1.29, 1.82) is 0 Å². The first-order valence-corrected chi connectivity index (χ1v) is 9.24. The molecule has 1 aromatic heterocycles. The topological polar surface area (TPSA) is 62.6 Å². The first-order chi connectivity index (χ1) is 11.6. The monoisotopic (exact) mass is 337 g/mol. The molecule has 2 aromatic rings. The van der Waals surface area contributed by atoms with Crippen LogP contribution in [0.2, 0.25) is 0 Å². The van der Waals surface area contributed by atoms with Crippen LogP contribution < -0.4 is 0 Å². The van der Waals surface area contributed by atoms with Crippen molar-refractivity contribution < 1.29 is 8.42 Å². The lowest BCUT2D eigenvalue weighted by Gasteiger charge is -2.31. The summed E-state index contributed by atoms with van der Waals surface area (Å²) in [7, 11) is -3.35. The summed E-state index contributed by atoms with van der Waals surface area (Å²) in [5.41, 5.74) is 3.82. The zero-order chi connectivity index (χ0) is 16.6. The van der Waals surface area contributed by atoms with Crippen molar-refractivity contribution in [3.63, 3.8) is 0 Å². The van der Waals surface area contributed by atoms with Crippen molar-refractivity contribution in [3.8, 4) is 11.1 Å². The van der Waals surface area contributed by atoms with Crippen molar-refractivity contribution in [2.75, 3.05) is 12.3 Å². The number of hydrogen-bond acceptors (Lipinski definition) is 4. The van der Waals surface area contributed by atoms with E-state index in [1.165, 1.54) is 0 Å². The van der Waals surface area contributed by atoms with Crippen molar-refractivity contribution in [2.24, 2.45) is 4.40 Å². The molecule has 0 saturated heterocycles. The van der Waals surface area contributed by atoms with Crippen LogP contribution in [-0.4, -0.2) is 36.4 Å². The summed E-state index contributed by atoms with van der Waals surface area (Å²) in [4.78, 5) is 6.45. The maximum Gasteiger partial charge on any atom is 0.256 e. The van der Waals surface area contributed by atoms with Gasteiger partial charge in [-0.1, -0.05) is 42.5 Å². The van der Waals surface area contributed by atoms with E-state index < -0.39 is 10.0 Å². The summed E-state index contributed by atoms with van der Waals surface area (Å²) in [6.45, 7) is 0.388. The second-order valence-electron chi connectivity index (χ2n) is 5.60. The molecule has 0 amide bonds. The second-order valence-corrected chi connectivity index (χ2v) is 7.35. The molecule has 3 heterocycles. The smallest absolute Gasteiger partial charge is 0.256 e. The molecule has 2 aliphatic rings. The lowest BCUT2D eigenvalue weighted by atomic mass is 10.1. The fourth-order valence-corrected chi connectivity index (χ4v) is 3.76. The first-order valence-electron chi connectivity index (χ1n) is 7.63. The zero-order valence-corrected chi connectivity index (χ0v) is 13.6. The predicted molar refractivity (Wildman–Crippen MR) is 94.7 cm³/mol. The molecular formula is C18H15N3O2S. The van der Waals surface area contributed by atoms with E-state index in [2.05, 4.69) is 9.38 Å². The van der Waals surface area contributed by atoms with Gasteiger partial charge in [-0.3, -0.25) is 4.98 Å². The highest BCUT2D eigenvalue weighted by Gasteiger charge is 2.27. The summed E-state index contributed by atoms with van der Waals surface area (Å²) in [5, 5.41) is 0. The molecule has 120 valence electrons. The third-order valence-corrected chi connectivity index (χ3v) is 5.17. The summed E-state index contributed by atoms with van der Waals surface area (Å²) in [5.74, 6) is 0.469. The highest BCUT2D eigenvalue weighted by Crippen LogP contribution is 2.26. The van der Waals surface area contributed by atoms with E-state index in [0.29, 0.717) is 12.4 Å². The number of sulfonamides is 1. The van der Waals surface area contributed by atoms with E-state index in [4.69, 9.17) is 0 Å². The van der Waals surface area contributed by atoms with Gasteiger partial charge in [0.15, 0.2) is 0 Å². The number of benzene rings is 1. The SMILES string of the molecule is O=S1(=O)CCN2C(c3ccc(-c4ccccc4)cn3)=CC=CC2=N1. The van der Waals surface area contributed by atoms with Gasteiger partial charge in [0.25, 0.3) is 10.0 Å². The Balaban J connectivity index is 1.67. The summed E-state index contributed by atoms with van der Waals surface area (Å²) in [6, 6.07) is 14.0. The predicted octanol–water partition coefficient (Wildman–Crippen LogP) is 2.70. The Bertz CT molecular complexity index is 959. The van der Waals surface area contributed by atoms with Crippen LogP contribution in [0.25, 0.3) is 16.8 Å². The Kier molecular flexibility index (Phi) is 3.54. The molecule has 0 aliphatic carbocycles. The lowest BCUT2D eigenvalue weighted by molar-refractivity contribution is 0.559. The molecule has 0 unspecified atom stereocenters. The number of nitrogens with zero attached hydrogens (tertiary/aromatic N) is 3. The molecule has 6 heteroatoms. The van der Waals surface area contributed by atoms with Gasteiger partial charge in [-0.2, -0.15) is 0 Å². The number of rotatable bonds is 2. The van der Waals surface area contributed by atoms with E-state index in [1.54, 1.807) is 12.2 Å². The largest absolute Gasteiger partial charge is 0.323 e. The quantitative estimate of drug-likeness (QED) is 0.845. The van der Waals surface area contributed by atoms with E-state index in [-0.39, 0.29) is 5.75 Å². The molecule has 24 heavy (non-hydrogen) atoms.